The number of pyridine rings is 1. The number of alkyl halides is 1. The van der Waals surface area contributed by atoms with E-state index < -0.39 is 10.0 Å². The molecule has 0 amide bonds. The van der Waals surface area contributed by atoms with Crippen LogP contribution < -0.4 is 4.31 Å². The molecule has 2 rings (SSSR count). The minimum atomic E-state index is -3.66. The highest BCUT2D eigenvalue weighted by atomic mass is 35.5. The molecule has 0 aliphatic carbocycles. The Kier molecular flexibility index (Phi) is 4.85. The SMILES string of the molecule is CCc1ccc(N(C)S(=O)(=O)c2ccc(CCl)cn2)cc1. The van der Waals surface area contributed by atoms with Crippen molar-refractivity contribution in [2.24, 2.45) is 0 Å². The van der Waals surface area contributed by atoms with E-state index in [0.717, 1.165) is 17.5 Å². The van der Waals surface area contributed by atoms with E-state index in [1.165, 1.54) is 23.6 Å². The molecule has 0 saturated carbocycles. The van der Waals surface area contributed by atoms with Crippen LogP contribution in [0.2, 0.25) is 0 Å². The van der Waals surface area contributed by atoms with E-state index in [-0.39, 0.29) is 5.03 Å². The van der Waals surface area contributed by atoms with Crippen molar-refractivity contribution < 1.29 is 8.42 Å². The van der Waals surface area contributed by atoms with Crippen LogP contribution >= 0.6 is 11.6 Å². The topological polar surface area (TPSA) is 50.3 Å². The lowest BCUT2D eigenvalue weighted by Crippen LogP contribution is -2.27. The summed E-state index contributed by atoms with van der Waals surface area (Å²) >= 11 is 5.68. The summed E-state index contributed by atoms with van der Waals surface area (Å²) in [5.74, 6) is 0.307. The fourth-order valence-corrected chi connectivity index (χ4v) is 3.13. The van der Waals surface area contributed by atoms with Crippen molar-refractivity contribution in [3.8, 4) is 0 Å². The van der Waals surface area contributed by atoms with Gasteiger partial charge in [0.2, 0.25) is 0 Å². The maximum Gasteiger partial charge on any atom is 0.281 e. The number of hydrogen-bond acceptors (Lipinski definition) is 3. The minimum absolute atomic E-state index is 0.0124. The molecule has 2 aromatic rings. The van der Waals surface area contributed by atoms with Gasteiger partial charge in [-0.3, -0.25) is 4.31 Å². The second kappa shape index (κ2) is 6.45. The molecule has 1 heterocycles. The van der Waals surface area contributed by atoms with Crippen LogP contribution in [0.1, 0.15) is 18.1 Å². The normalized spacial score (nSPS) is 11.4. The average molecular weight is 325 g/mol. The highest BCUT2D eigenvalue weighted by Gasteiger charge is 2.22. The van der Waals surface area contributed by atoms with E-state index >= 15 is 0 Å². The first kappa shape index (κ1) is 15.8. The number of hydrogen-bond donors (Lipinski definition) is 0. The predicted octanol–water partition coefficient (Wildman–Crippen LogP) is 3.21. The summed E-state index contributed by atoms with van der Waals surface area (Å²) in [7, 11) is -2.14. The summed E-state index contributed by atoms with van der Waals surface area (Å²) in [5, 5.41) is 0.0124. The van der Waals surface area contributed by atoms with Crippen LogP contribution in [0, 0.1) is 0 Å². The fourth-order valence-electron chi connectivity index (χ4n) is 1.86. The van der Waals surface area contributed by atoms with Gasteiger partial charge in [0, 0.05) is 19.1 Å². The summed E-state index contributed by atoms with van der Waals surface area (Å²) in [5.41, 5.74) is 2.55. The van der Waals surface area contributed by atoms with Crippen LogP contribution in [0.5, 0.6) is 0 Å². The standard InChI is InChI=1S/C15H17ClN2O2S/c1-3-12-4-7-14(8-5-12)18(2)21(19,20)15-9-6-13(10-16)11-17-15/h4-9,11H,3,10H2,1-2H3. The molecule has 0 bridgehead atoms. The zero-order chi connectivity index (χ0) is 15.5. The highest BCUT2D eigenvalue weighted by molar-refractivity contribution is 7.92. The predicted molar refractivity (Wildman–Crippen MR) is 85.2 cm³/mol. The molecular formula is C15H17ClN2O2S. The molecule has 0 saturated heterocycles. The molecule has 0 atom stereocenters. The van der Waals surface area contributed by atoms with Crippen LogP contribution in [-0.2, 0) is 22.3 Å². The Hall–Kier alpha value is -1.59. The van der Waals surface area contributed by atoms with Crippen molar-refractivity contribution in [1.82, 2.24) is 4.98 Å². The molecule has 0 aliphatic heterocycles. The maximum absolute atomic E-state index is 12.5. The summed E-state index contributed by atoms with van der Waals surface area (Å²) < 4.78 is 26.3. The van der Waals surface area contributed by atoms with E-state index in [4.69, 9.17) is 11.6 Å². The molecule has 6 heteroatoms. The number of nitrogens with zero attached hydrogens (tertiary/aromatic N) is 2. The van der Waals surface area contributed by atoms with Crippen molar-refractivity contribution in [3.05, 3.63) is 53.7 Å². The van der Waals surface area contributed by atoms with Crippen LogP contribution in [0.3, 0.4) is 0 Å². The van der Waals surface area contributed by atoms with Gasteiger partial charge in [-0.25, -0.2) is 4.98 Å². The van der Waals surface area contributed by atoms with E-state index in [9.17, 15) is 8.42 Å². The third-order valence-corrected chi connectivity index (χ3v) is 5.30. The monoisotopic (exact) mass is 324 g/mol. The lowest BCUT2D eigenvalue weighted by atomic mass is 10.1. The number of benzene rings is 1. The summed E-state index contributed by atoms with van der Waals surface area (Å²) in [6.45, 7) is 2.05. The van der Waals surface area contributed by atoms with Crippen molar-refractivity contribution in [3.63, 3.8) is 0 Å². The average Bonchev–Trinajstić information content (AvgIpc) is 2.54. The molecule has 0 N–H and O–H groups in total. The Morgan fingerprint density at radius 3 is 2.19 bits per heavy atom. The van der Waals surface area contributed by atoms with Gasteiger partial charge < -0.3 is 0 Å². The van der Waals surface area contributed by atoms with Crippen LogP contribution in [0.4, 0.5) is 5.69 Å². The fraction of sp³-hybridized carbons (Fsp3) is 0.267. The van der Waals surface area contributed by atoms with Crippen LogP contribution in [0.25, 0.3) is 0 Å². The smallest absolute Gasteiger partial charge is 0.268 e. The van der Waals surface area contributed by atoms with Gasteiger partial charge in [0.25, 0.3) is 10.0 Å². The van der Waals surface area contributed by atoms with Gasteiger partial charge in [-0.2, -0.15) is 8.42 Å². The highest BCUT2D eigenvalue weighted by Crippen LogP contribution is 2.21. The second-order valence-corrected chi connectivity index (χ2v) is 6.81. The molecule has 0 fully saturated rings. The van der Waals surface area contributed by atoms with E-state index in [2.05, 4.69) is 11.9 Å². The third-order valence-electron chi connectivity index (χ3n) is 3.28. The largest absolute Gasteiger partial charge is 0.281 e. The van der Waals surface area contributed by atoms with Crippen molar-refractivity contribution in [1.29, 1.82) is 0 Å². The first-order valence-corrected chi connectivity index (χ1v) is 8.55. The van der Waals surface area contributed by atoms with E-state index in [1.807, 2.05) is 12.1 Å². The van der Waals surface area contributed by atoms with E-state index in [0.29, 0.717) is 11.6 Å². The minimum Gasteiger partial charge on any atom is -0.268 e. The number of halogens is 1. The third kappa shape index (κ3) is 3.36. The zero-order valence-electron chi connectivity index (χ0n) is 12.0. The molecule has 1 aromatic heterocycles. The van der Waals surface area contributed by atoms with Crippen molar-refractivity contribution in [2.75, 3.05) is 11.4 Å². The van der Waals surface area contributed by atoms with Gasteiger partial charge in [-0.05, 0) is 35.7 Å². The molecule has 0 radical (unpaired) electrons. The maximum atomic E-state index is 12.5. The Bertz CT molecular complexity index is 697. The zero-order valence-corrected chi connectivity index (χ0v) is 13.5. The summed E-state index contributed by atoms with van der Waals surface area (Å²) in [4.78, 5) is 3.99. The Balaban J connectivity index is 2.32. The Morgan fingerprint density at radius 2 is 1.71 bits per heavy atom. The van der Waals surface area contributed by atoms with Gasteiger partial charge >= 0.3 is 0 Å². The van der Waals surface area contributed by atoms with Gasteiger partial charge in [0.1, 0.15) is 0 Å². The number of aryl methyl sites for hydroxylation is 1. The first-order chi connectivity index (χ1) is 9.98. The molecule has 21 heavy (non-hydrogen) atoms. The van der Waals surface area contributed by atoms with E-state index in [1.54, 1.807) is 18.2 Å². The summed E-state index contributed by atoms with van der Waals surface area (Å²) in [6, 6.07) is 10.6. The second-order valence-electron chi connectivity index (χ2n) is 4.63. The van der Waals surface area contributed by atoms with Gasteiger partial charge in [0.15, 0.2) is 5.03 Å². The number of sulfonamides is 1. The molecule has 0 aliphatic rings. The Labute approximate surface area is 130 Å². The van der Waals surface area contributed by atoms with Crippen LogP contribution in [0.15, 0.2) is 47.6 Å². The molecule has 0 unspecified atom stereocenters. The van der Waals surface area contributed by atoms with Gasteiger partial charge in [-0.1, -0.05) is 25.1 Å². The number of rotatable bonds is 5. The summed E-state index contributed by atoms with van der Waals surface area (Å²) in [6.07, 6.45) is 2.39. The van der Waals surface area contributed by atoms with Crippen molar-refractivity contribution >= 4 is 27.3 Å². The number of anilines is 1. The molecular weight excluding hydrogens is 308 g/mol. The van der Waals surface area contributed by atoms with Crippen molar-refractivity contribution in [2.45, 2.75) is 24.3 Å². The lowest BCUT2D eigenvalue weighted by Gasteiger charge is -2.19. The first-order valence-electron chi connectivity index (χ1n) is 6.57. The van der Waals surface area contributed by atoms with Gasteiger partial charge in [0.05, 0.1) is 5.69 Å². The molecule has 4 nitrogen and oxygen atoms in total. The molecule has 0 spiro atoms. The molecule has 1 aromatic carbocycles. The lowest BCUT2D eigenvalue weighted by molar-refractivity contribution is 0.590. The number of aromatic nitrogens is 1. The van der Waals surface area contributed by atoms with Gasteiger partial charge in [-0.15, -0.1) is 11.6 Å². The van der Waals surface area contributed by atoms with Crippen LogP contribution in [-0.4, -0.2) is 20.4 Å². The molecule has 112 valence electrons. The quantitative estimate of drug-likeness (QED) is 0.793. The Morgan fingerprint density at radius 1 is 1.10 bits per heavy atom.